The number of carbonyl (C=O) groups is 1. The lowest BCUT2D eigenvalue weighted by Gasteiger charge is -2.34. The molecule has 0 saturated carbocycles. The van der Waals surface area contributed by atoms with Crippen molar-refractivity contribution in [1.82, 2.24) is 4.90 Å². The molecule has 1 aromatic heterocycles. The minimum Gasteiger partial charge on any atom is -0.457 e. The van der Waals surface area contributed by atoms with E-state index in [9.17, 15) is 4.79 Å². The molecule has 0 spiro atoms. The summed E-state index contributed by atoms with van der Waals surface area (Å²) in [7, 11) is 2.14. The number of amides is 1. The minimum atomic E-state index is -0.326. The van der Waals surface area contributed by atoms with Crippen molar-refractivity contribution >= 4 is 34.6 Å². The van der Waals surface area contributed by atoms with Gasteiger partial charge in [0.1, 0.15) is 11.4 Å². The Hall–Kier alpha value is -4.24. The van der Waals surface area contributed by atoms with Crippen LogP contribution in [0.5, 0.6) is 5.75 Å². The summed E-state index contributed by atoms with van der Waals surface area (Å²) in [5.41, 5.74) is 9.38. The van der Waals surface area contributed by atoms with Crippen LogP contribution in [0.25, 0.3) is 0 Å². The topological polar surface area (TPSA) is 106 Å². The normalized spacial score (nSPS) is 13.7. The summed E-state index contributed by atoms with van der Waals surface area (Å²) in [5, 5.41) is 11.0. The van der Waals surface area contributed by atoms with Crippen LogP contribution in [-0.4, -0.2) is 49.9 Å². The predicted molar refractivity (Wildman–Crippen MR) is 135 cm³/mol. The van der Waals surface area contributed by atoms with Gasteiger partial charge in [0.15, 0.2) is 0 Å². The van der Waals surface area contributed by atoms with Crippen LogP contribution >= 0.6 is 0 Å². The first-order valence-corrected chi connectivity index (χ1v) is 10.9. The smallest absolute Gasteiger partial charge is 0.257 e. The molecule has 1 aliphatic heterocycles. The van der Waals surface area contributed by atoms with E-state index in [1.165, 1.54) is 18.0 Å². The number of furan rings is 1. The maximum absolute atomic E-state index is 11.5. The molecule has 0 atom stereocenters. The number of nitrogens with zero attached hydrogens (tertiary/aromatic N) is 2. The fourth-order valence-corrected chi connectivity index (χ4v) is 3.54. The number of hydrazine groups is 1. The number of benzene rings is 2. The maximum Gasteiger partial charge on any atom is 0.257 e. The Bertz CT molecular complexity index is 1150. The fraction of sp³-hybridized carbons (Fsp3) is 0.200. The molecule has 4 rings (SSSR count). The molecule has 176 valence electrons. The van der Waals surface area contributed by atoms with Crippen molar-refractivity contribution in [2.45, 2.75) is 0 Å². The molecule has 9 nitrogen and oxygen atoms in total. The second kappa shape index (κ2) is 10.6. The van der Waals surface area contributed by atoms with Gasteiger partial charge in [-0.25, -0.2) is 0 Å². The number of piperazine rings is 1. The molecule has 3 aromatic rings. The summed E-state index contributed by atoms with van der Waals surface area (Å²) < 4.78 is 11.1. The van der Waals surface area contributed by atoms with Gasteiger partial charge in [0.2, 0.25) is 11.7 Å². The Morgan fingerprint density at radius 3 is 2.56 bits per heavy atom. The number of anilines is 4. The molecule has 1 amide bonds. The van der Waals surface area contributed by atoms with Crippen molar-refractivity contribution in [2.75, 3.05) is 54.3 Å². The fourth-order valence-electron chi connectivity index (χ4n) is 3.54. The van der Waals surface area contributed by atoms with Gasteiger partial charge in [0.05, 0.1) is 12.0 Å². The summed E-state index contributed by atoms with van der Waals surface area (Å²) in [5.74, 6) is 0.128. The highest BCUT2D eigenvalue weighted by Crippen LogP contribution is 2.24. The summed E-state index contributed by atoms with van der Waals surface area (Å²) in [6, 6.07) is 16.6. The lowest BCUT2D eigenvalue weighted by molar-refractivity contribution is -0.111. The van der Waals surface area contributed by atoms with E-state index in [0.29, 0.717) is 17.1 Å². The third kappa shape index (κ3) is 5.76. The van der Waals surface area contributed by atoms with Gasteiger partial charge in [-0.05, 0) is 49.5 Å². The van der Waals surface area contributed by atoms with E-state index in [0.717, 1.165) is 31.9 Å². The van der Waals surface area contributed by atoms with E-state index in [2.05, 4.69) is 51.7 Å². The van der Waals surface area contributed by atoms with Gasteiger partial charge in [0.25, 0.3) is 5.90 Å². The standard InChI is InChI=1S/C25H28N6O3/c1-3-23(32)27-19-5-4-6-21(17-19)34-25(26)24-22(11-16-33-24)29-28-18-7-9-20(10-8-18)31-14-12-30(2)13-15-31/h3-11,16-17,26,28-29H,1,12-15H2,2H3,(H,27,32). The van der Waals surface area contributed by atoms with Gasteiger partial charge in [-0.1, -0.05) is 12.6 Å². The zero-order valence-corrected chi connectivity index (χ0v) is 19.0. The predicted octanol–water partition coefficient (Wildman–Crippen LogP) is 4.00. The lowest BCUT2D eigenvalue weighted by Crippen LogP contribution is -2.44. The van der Waals surface area contributed by atoms with Gasteiger partial charge < -0.3 is 29.7 Å². The van der Waals surface area contributed by atoms with Crippen LogP contribution < -0.4 is 25.8 Å². The summed E-state index contributed by atoms with van der Waals surface area (Å²) in [6.07, 6.45) is 2.66. The van der Waals surface area contributed by atoms with Crippen molar-refractivity contribution in [3.63, 3.8) is 0 Å². The number of hydrogen-bond acceptors (Lipinski definition) is 8. The van der Waals surface area contributed by atoms with E-state index < -0.39 is 0 Å². The summed E-state index contributed by atoms with van der Waals surface area (Å²) >= 11 is 0. The van der Waals surface area contributed by atoms with Crippen molar-refractivity contribution in [3.8, 4) is 5.75 Å². The molecule has 34 heavy (non-hydrogen) atoms. The monoisotopic (exact) mass is 460 g/mol. The number of likely N-dealkylation sites (N-methyl/N-ethyl adjacent to an activating group) is 1. The quantitative estimate of drug-likeness (QED) is 0.174. The van der Waals surface area contributed by atoms with Crippen molar-refractivity contribution in [2.24, 2.45) is 0 Å². The molecule has 0 bridgehead atoms. The van der Waals surface area contributed by atoms with Gasteiger partial charge in [-0.3, -0.25) is 15.6 Å². The SMILES string of the molecule is C=CC(=O)Nc1cccc(OC(=N)c2occc2NNc2ccc(N3CCN(C)CC3)cc2)c1. The van der Waals surface area contributed by atoms with E-state index in [4.69, 9.17) is 14.6 Å². The van der Waals surface area contributed by atoms with Gasteiger partial charge >= 0.3 is 0 Å². The number of ether oxygens (including phenoxy) is 1. The van der Waals surface area contributed by atoms with Crippen molar-refractivity contribution in [3.05, 3.63) is 79.3 Å². The summed E-state index contributed by atoms with van der Waals surface area (Å²) in [6.45, 7) is 7.60. The van der Waals surface area contributed by atoms with Crippen LogP contribution in [0, 0.1) is 5.41 Å². The average Bonchev–Trinajstić information content (AvgIpc) is 3.33. The highest BCUT2D eigenvalue weighted by atomic mass is 16.5. The second-order valence-corrected chi connectivity index (χ2v) is 7.90. The van der Waals surface area contributed by atoms with E-state index in [1.54, 1.807) is 30.3 Å². The van der Waals surface area contributed by atoms with Crippen LogP contribution in [0.3, 0.4) is 0 Å². The third-order valence-electron chi connectivity index (χ3n) is 5.46. The van der Waals surface area contributed by atoms with Crippen LogP contribution in [-0.2, 0) is 4.79 Å². The van der Waals surface area contributed by atoms with Crippen LogP contribution in [0.2, 0.25) is 0 Å². The number of carbonyl (C=O) groups excluding carboxylic acids is 1. The number of nitrogens with one attached hydrogen (secondary N) is 4. The van der Waals surface area contributed by atoms with Crippen LogP contribution in [0.4, 0.5) is 22.7 Å². The Labute approximate surface area is 198 Å². The molecule has 9 heteroatoms. The first-order chi connectivity index (χ1) is 16.5. The van der Waals surface area contributed by atoms with Gasteiger partial charge in [0, 0.05) is 49.7 Å². The molecule has 4 N–H and O–H groups in total. The molecule has 2 heterocycles. The second-order valence-electron chi connectivity index (χ2n) is 7.90. The summed E-state index contributed by atoms with van der Waals surface area (Å²) in [4.78, 5) is 16.2. The molecule has 2 aromatic carbocycles. The average molecular weight is 461 g/mol. The van der Waals surface area contributed by atoms with Gasteiger partial charge in [-0.15, -0.1) is 0 Å². The van der Waals surface area contributed by atoms with Crippen LogP contribution in [0.15, 0.2) is 77.9 Å². The highest BCUT2D eigenvalue weighted by Gasteiger charge is 2.16. The molecule has 0 radical (unpaired) electrons. The maximum atomic E-state index is 11.5. The molecule has 0 aliphatic carbocycles. The molecular formula is C25H28N6O3. The Kier molecular flexibility index (Phi) is 7.14. The van der Waals surface area contributed by atoms with E-state index >= 15 is 0 Å². The Morgan fingerprint density at radius 2 is 1.82 bits per heavy atom. The van der Waals surface area contributed by atoms with E-state index in [-0.39, 0.29) is 17.6 Å². The first-order valence-electron chi connectivity index (χ1n) is 10.9. The van der Waals surface area contributed by atoms with Crippen LogP contribution in [0.1, 0.15) is 5.76 Å². The zero-order valence-electron chi connectivity index (χ0n) is 19.0. The Morgan fingerprint density at radius 1 is 1.06 bits per heavy atom. The third-order valence-corrected chi connectivity index (χ3v) is 5.46. The Balaban J connectivity index is 1.35. The lowest BCUT2D eigenvalue weighted by atomic mass is 10.2. The largest absolute Gasteiger partial charge is 0.457 e. The van der Waals surface area contributed by atoms with Crippen molar-refractivity contribution < 1.29 is 13.9 Å². The van der Waals surface area contributed by atoms with Gasteiger partial charge in [-0.2, -0.15) is 0 Å². The van der Waals surface area contributed by atoms with E-state index in [1.807, 2.05) is 12.1 Å². The number of rotatable bonds is 8. The number of hydrogen-bond donors (Lipinski definition) is 4. The highest BCUT2D eigenvalue weighted by molar-refractivity contribution is 5.99. The molecule has 1 saturated heterocycles. The molecule has 1 aliphatic rings. The zero-order chi connectivity index (χ0) is 23.9. The minimum absolute atomic E-state index is 0.174. The van der Waals surface area contributed by atoms with Crippen molar-refractivity contribution in [1.29, 1.82) is 5.41 Å². The molecule has 1 fully saturated rings. The molecular weight excluding hydrogens is 432 g/mol. The first kappa shape index (κ1) is 22.9. The molecule has 0 unspecified atom stereocenters.